The molecule has 1 aliphatic rings. The van der Waals surface area contributed by atoms with E-state index in [2.05, 4.69) is 20.4 Å². The van der Waals surface area contributed by atoms with Gasteiger partial charge in [-0.1, -0.05) is 0 Å². The van der Waals surface area contributed by atoms with Crippen LogP contribution in [0.2, 0.25) is 0 Å². The van der Waals surface area contributed by atoms with Crippen LogP contribution < -0.4 is 5.32 Å². The monoisotopic (exact) mass is 261 g/mol. The second kappa shape index (κ2) is 4.58. The predicted molar refractivity (Wildman–Crippen MR) is 66.6 cm³/mol. The molecule has 0 aliphatic heterocycles. The number of hydrogen-bond acceptors (Lipinski definition) is 5. The van der Waals surface area contributed by atoms with Crippen LogP contribution in [0.4, 0.5) is 0 Å². The Hall–Kier alpha value is -2.02. The fourth-order valence-corrected chi connectivity index (χ4v) is 2.19. The molecule has 0 spiro atoms. The lowest BCUT2D eigenvalue weighted by Crippen LogP contribution is -2.38. The van der Waals surface area contributed by atoms with E-state index in [4.69, 9.17) is 0 Å². The molecule has 0 bridgehead atoms. The largest absolute Gasteiger partial charge is 0.393 e. The van der Waals surface area contributed by atoms with Gasteiger partial charge in [0.2, 0.25) is 5.82 Å². The molecule has 2 N–H and O–H groups in total. The molecule has 1 saturated carbocycles. The molecule has 0 unspecified atom stereocenters. The van der Waals surface area contributed by atoms with Crippen LogP contribution >= 0.6 is 0 Å². The smallest absolute Gasteiger partial charge is 0.291 e. The van der Waals surface area contributed by atoms with Crippen molar-refractivity contribution in [1.82, 2.24) is 24.9 Å². The fraction of sp³-hybridized carbons (Fsp3) is 0.500. The van der Waals surface area contributed by atoms with Crippen molar-refractivity contribution >= 4 is 11.7 Å². The molecule has 0 saturated heterocycles. The van der Waals surface area contributed by atoms with Crippen LogP contribution in [-0.2, 0) is 0 Å². The Morgan fingerprint density at radius 3 is 3.05 bits per heavy atom. The van der Waals surface area contributed by atoms with Crippen LogP contribution in [0.5, 0.6) is 0 Å². The van der Waals surface area contributed by atoms with E-state index in [1.54, 1.807) is 16.8 Å². The van der Waals surface area contributed by atoms with Crippen LogP contribution in [0.3, 0.4) is 0 Å². The standard InChI is InChI=1S/C12H15N5O2/c1-7-2-3-13-12-15-10(16-17(7)12)11(19)14-6-8-4-9(18)5-8/h2-3,8-9,18H,4-6H2,1H3,(H,14,19). The van der Waals surface area contributed by atoms with Crippen molar-refractivity contribution in [1.29, 1.82) is 0 Å². The molecule has 7 nitrogen and oxygen atoms in total. The van der Waals surface area contributed by atoms with Crippen LogP contribution in [0.15, 0.2) is 12.3 Å². The van der Waals surface area contributed by atoms with Gasteiger partial charge in [-0.15, -0.1) is 5.10 Å². The Morgan fingerprint density at radius 1 is 1.58 bits per heavy atom. The number of carbonyl (C=O) groups is 1. The van der Waals surface area contributed by atoms with Gasteiger partial charge < -0.3 is 10.4 Å². The number of aromatic nitrogens is 4. The Kier molecular flexibility index (Phi) is 2.90. The van der Waals surface area contributed by atoms with Crippen LogP contribution in [0, 0.1) is 12.8 Å². The molecule has 7 heteroatoms. The summed E-state index contributed by atoms with van der Waals surface area (Å²) in [4.78, 5) is 20.1. The number of amides is 1. The van der Waals surface area contributed by atoms with E-state index in [9.17, 15) is 9.90 Å². The first kappa shape index (κ1) is 12.0. The molecular formula is C12H15N5O2. The summed E-state index contributed by atoms with van der Waals surface area (Å²) in [6.07, 6.45) is 2.93. The second-order valence-electron chi connectivity index (χ2n) is 4.93. The molecule has 1 aliphatic carbocycles. The average Bonchev–Trinajstić information content (AvgIpc) is 2.78. The zero-order valence-electron chi connectivity index (χ0n) is 10.6. The number of carbonyl (C=O) groups excluding carboxylic acids is 1. The normalized spacial score (nSPS) is 22.2. The molecule has 0 atom stereocenters. The van der Waals surface area contributed by atoms with Crippen LogP contribution in [0.1, 0.15) is 29.2 Å². The number of nitrogens with zero attached hydrogens (tertiary/aromatic N) is 4. The number of hydrogen-bond donors (Lipinski definition) is 2. The van der Waals surface area contributed by atoms with E-state index in [1.807, 2.05) is 6.92 Å². The summed E-state index contributed by atoms with van der Waals surface area (Å²) >= 11 is 0. The van der Waals surface area contributed by atoms with E-state index in [0.717, 1.165) is 18.5 Å². The highest BCUT2D eigenvalue weighted by Crippen LogP contribution is 2.26. The summed E-state index contributed by atoms with van der Waals surface area (Å²) in [5, 5.41) is 16.1. The van der Waals surface area contributed by atoms with Crippen molar-refractivity contribution in [3.8, 4) is 0 Å². The van der Waals surface area contributed by atoms with Crippen molar-refractivity contribution in [3.63, 3.8) is 0 Å². The SMILES string of the molecule is Cc1ccnc2nc(C(=O)NCC3CC(O)C3)nn12. The van der Waals surface area contributed by atoms with Crippen molar-refractivity contribution in [3.05, 3.63) is 23.8 Å². The van der Waals surface area contributed by atoms with Gasteiger partial charge in [-0.05, 0) is 31.7 Å². The predicted octanol–water partition coefficient (Wildman–Crippen LogP) is -0.0666. The third kappa shape index (κ3) is 2.28. The first-order valence-electron chi connectivity index (χ1n) is 6.28. The zero-order chi connectivity index (χ0) is 13.4. The summed E-state index contributed by atoms with van der Waals surface area (Å²) in [6.45, 7) is 2.43. The lowest BCUT2D eigenvalue weighted by Gasteiger charge is -2.31. The quantitative estimate of drug-likeness (QED) is 0.807. The topological polar surface area (TPSA) is 92.4 Å². The molecule has 1 fully saturated rings. The Labute approximate surface area is 109 Å². The van der Waals surface area contributed by atoms with Crippen molar-refractivity contribution in [2.24, 2.45) is 5.92 Å². The van der Waals surface area contributed by atoms with Gasteiger partial charge in [0.15, 0.2) is 0 Å². The van der Waals surface area contributed by atoms with Gasteiger partial charge in [-0.2, -0.15) is 4.98 Å². The molecule has 3 rings (SSSR count). The molecule has 2 aromatic heterocycles. The van der Waals surface area contributed by atoms with Gasteiger partial charge in [0, 0.05) is 18.4 Å². The number of aliphatic hydroxyl groups excluding tert-OH is 1. The summed E-state index contributed by atoms with van der Waals surface area (Å²) in [6, 6.07) is 1.80. The minimum atomic E-state index is -0.300. The summed E-state index contributed by atoms with van der Waals surface area (Å²) in [5.41, 5.74) is 0.874. The van der Waals surface area contributed by atoms with Gasteiger partial charge in [-0.25, -0.2) is 9.50 Å². The number of aryl methyl sites for hydroxylation is 1. The minimum absolute atomic E-state index is 0.127. The number of rotatable bonds is 3. The first-order valence-corrected chi connectivity index (χ1v) is 6.28. The first-order chi connectivity index (χ1) is 9.13. The second-order valence-corrected chi connectivity index (χ2v) is 4.93. The minimum Gasteiger partial charge on any atom is -0.393 e. The zero-order valence-corrected chi connectivity index (χ0v) is 10.6. The highest BCUT2D eigenvalue weighted by molar-refractivity contribution is 5.90. The highest BCUT2D eigenvalue weighted by Gasteiger charge is 2.27. The van der Waals surface area contributed by atoms with Gasteiger partial charge in [0.1, 0.15) is 0 Å². The van der Waals surface area contributed by atoms with Gasteiger partial charge >= 0.3 is 0 Å². The maximum absolute atomic E-state index is 11.9. The number of aliphatic hydroxyl groups is 1. The van der Waals surface area contributed by atoms with Gasteiger partial charge in [-0.3, -0.25) is 4.79 Å². The molecule has 19 heavy (non-hydrogen) atoms. The van der Waals surface area contributed by atoms with E-state index in [-0.39, 0.29) is 17.8 Å². The maximum atomic E-state index is 11.9. The third-order valence-electron chi connectivity index (χ3n) is 3.40. The Balaban J connectivity index is 1.69. The molecule has 1 amide bonds. The highest BCUT2D eigenvalue weighted by atomic mass is 16.3. The molecule has 2 aromatic rings. The van der Waals surface area contributed by atoms with Crippen molar-refractivity contribution in [2.45, 2.75) is 25.9 Å². The van der Waals surface area contributed by atoms with E-state index in [1.165, 1.54) is 0 Å². The van der Waals surface area contributed by atoms with Crippen molar-refractivity contribution < 1.29 is 9.90 Å². The number of fused-ring (bicyclic) bond motifs is 1. The lowest BCUT2D eigenvalue weighted by atomic mass is 9.82. The third-order valence-corrected chi connectivity index (χ3v) is 3.40. The number of nitrogens with one attached hydrogen (secondary N) is 1. The summed E-state index contributed by atoms with van der Waals surface area (Å²) in [5.74, 6) is 0.605. The Bertz CT molecular complexity index is 618. The van der Waals surface area contributed by atoms with Crippen LogP contribution in [-0.4, -0.2) is 43.2 Å². The van der Waals surface area contributed by atoms with Crippen molar-refractivity contribution in [2.75, 3.05) is 6.54 Å². The maximum Gasteiger partial charge on any atom is 0.291 e. The molecule has 0 radical (unpaired) electrons. The summed E-state index contributed by atoms with van der Waals surface area (Å²) < 4.78 is 1.54. The summed E-state index contributed by atoms with van der Waals surface area (Å²) in [7, 11) is 0. The van der Waals surface area contributed by atoms with Crippen LogP contribution in [0.25, 0.3) is 5.78 Å². The van der Waals surface area contributed by atoms with Gasteiger partial charge in [0.05, 0.1) is 6.10 Å². The van der Waals surface area contributed by atoms with Gasteiger partial charge in [0.25, 0.3) is 11.7 Å². The molecular weight excluding hydrogens is 246 g/mol. The average molecular weight is 261 g/mol. The Morgan fingerprint density at radius 2 is 2.37 bits per heavy atom. The lowest BCUT2D eigenvalue weighted by molar-refractivity contribution is 0.0419. The molecule has 0 aromatic carbocycles. The van der Waals surface area contributed by atoms with E-state index in [0.29, 0.717) is 18.2 Å². The van der Waals surface area contributed by atoms with E-state index < -0.39 is 0 Å². The molecule has 2 heterocycles. The van der Waals surface area contributed by atoms with E-state index >= 15 is 0 Å². The fourth-order valence-electron chi connectivity index (χ4n) is 2.19. The molecule has 100 valence electrons.